The SMILES string of the molecule is CCOC(=O)c1cc(C(F)F)cc(Br)c1C#N. The lowest BCUT2D eigenvalue weighted by Crippen LogP contribution is -2.08. The predicted molar refractivity (Wildman–Crippen MR) is 59.8 cm³/mol. The van der Waals surface area contributed by atoms with E-state index in [2.05, 4.69) is 15.9 Å². The molecule has 0 atom stereocenters. The summed E-state index contributed by atoms with van der Waals surface area (Å²) in [6, 6.07) is 3.87. The van der Waals surface area contributed by atoms with E-state index < -0.39 is 12.4 Å². The van der Waals surface area contributed by atoms with E-state index in [4.69, 9.17) is 10.00 Å². The Hall–Kier alpha value is -1.48. The van der Waals surface area contributed by atoms with Gasteiger partial charge in [-0.25, -0.2) is 13.6 Å². The maximum Gasteiger partial charge on any atom is 0.339 e. The van der Waals surface area contributed by atoms with Crippen molar-refractivity contribution in [2.75, 3.05) is 6.61 Å². The van der Waals surface area contributed by atoms with Gasteiger partial charge in [0.1, 0.15) is 6.07 Å². The van der Waals surface area contributed by atoms with Crippen LogP contribution in [-0.4, -0.2) is 12.6 Å². The van der Waals surface area contributed by atoms with Crippen LogP contribution in [0.15, 0.2) is 16.6 Å². The normalized spacial score (nSPS) is 10.1. The highest BCUT2D eigenvalue weighted by Gasteiger charge is 2.19. The number of alkyl halides is 2. The highest BCUT2D eigenvalue weighted by atomic mass is 79.9. The average Bonchev–Trinajstić information content (AvgIpc) is 2.28. The number of nitriles is 1. The molecule has 90 valence electrons. The molecule has 3 nitrogen and oxygen atoms in total. The Morgan fingerprint density at radius 1 is 1.59 bits per heavy atom. The highest BCUT2D eigenvalue weighted by Crippen LogP contribution is 2.28. The van der Waals surface area contributed by atoms with Crippen molar-refractivity contribution >= 4 is 21.9 Å². The summed E-state index contributed by atoms with van der Waals surface area (Å²) in [5, 5.41) is 8.87. The lowest BCUT2D eigenvalue weighted by molar-refractivity contribution is 0.0525. The molecule has 0 aromatic heterocycles. The molecule has 1 aromatic rings. The molecule has 1 rings (SSSR count). The minimum atomic E-state index is -2.72. The van der Waals surface area contributed by atoms with Gasteiger partial charge in [-0.1, -0.05) is 0 Å². The third-order valence-corrected chi connectivity index (χ3v) is 2.60. The lowest BCUT2D eigenvalue weighted by atomic mass is 10.0. The van der Waals surface area contributed by atoms with Crippen molar-refractivity contribution in [3.8, 4) is 6.07 Å². The smallest absolute Gasteiger partial charge is 0.339 e. The van der Waals surface area contributed by atoms with Gasteiger partial charge < -0.3 is 4.74 Å². The zero-order chi connectivity index (χ0) is 13.0. The highest BCUT2D eigenvalue weighted by molar-refractivity contribution is 9.10. The quantitative estimate of drug-likeness (QED) is 0.804. The number of carbonyl (C=O) groups is 1. The number of hydrogen-bond acceptors (Lipinski definition) is 3. The van der Waals surface area contributed by atoms with E-state index in [0.717, 1.165) is 12.1 Å². The van der Waals surface area contributed by atoms with Crippen LogP contribution in [0.25, 0.3) is 0 Å². The van der Waals surface area contributed by atoms with Gasteiger partial charge in [-0.3, -0.25) is 0 Å². The minimum Gasteiger partial charge on any atom is -0.462 e. The largest absolute Gasteiger partial charge is 0.462 e. The summed E-state index contributed by atoms with van der Waals surface area (Å²) in [4.78, 5) is 11.5. The first-order chi connectivity index (χ1) is 8.01. The number of carbonyl (C=O) groups excluding carboxylic acids is 1. The fourth-order valence-corrected chi connectivity index (χ4v) is 1.80. The molecule has 0 amide bonds. The molecule has 1 aromatic carbocycles. The first-order valence-corrected chi connectivity index (χ1v) is 5.49. The number of hydrogen-bond donors (Lipinski definition) is 0. The zero-order valence-corrected chi connectivity index (χ0v) is 10.4. The van der Waals surface area contributed by atoms with Crippen LogP contribution in [0.5, 0.6) is 0 Å². The van der Waals surface area contributed by atoms with E-state index in [9.17, 15) is 13.6 Å². The number of benzene rings is 1. The van der Waals surface area contributed by atoms with E-state index >= 15 is 0 Å². The second-order valence-corrected chi connectivity index (χ2v) is 3.91. The van der Waals surface area contributed by atoms with Crippen LogP contribution < -0.4 is 0 Å². The zero-order valence-electron chi connectivity index (χ0n) is 8.84. The fraction of sp³-hybridized carbons (Fsp3) is 0.273. The number of ether oxygens (including phenoxy) is 1. The molecule has 0 unspecified atom stereocenters. The monoisotopic (exact) mass is 303 g/mol. The standard InChI is InChI=1S/C11H8BrF2NO2/c1-2-17-11(16)7-3-6(10(13)14)4-9(12)8(7)5-15/h3-4,10H,2H2,1H3. The Morgan fingerprint density at radius 2 is 2.24 bits per heavy atom. The summed E-state index contributed by atoms with van der Waals surface area (Å²) in [5.74, 6) is -0.785. The molecule has 0 spiro atoms. The van der Waals surface area contributed by atoms with Gasteiger partial charge in [0, 0.05) is 10.0 Å². The topological polar surface area (TPSA) is 50.1 Å². The molecule has 0 aliphatic heterocycles. The van der Waals surface area contributed by atoms with Gasteiger partial charge in [0.15, 0.2) is 0 Å². The van der Waals surface area contributed by atoms with Crippen LogP contribution in [0.1, 0.15) is 34.8 Å². The number of rotatable bonds is 3. The summed E-state index contributed by atoms with van der Waals surface area (Å²) in [7, 11) is 0. The summed E-state index contributed by atoms with van der Waals surface area (Å²) in [6.07, 6.45) is -2.72. The Labute approximate surface area is 105 Å². The van der Waals surface area contributed by atoms with Crippen molar-refractivity contribution in [2.24, 2.45) is 0 Å². The Morgan fingerprint density at radius 3 is 2.71 bits per heavy atom. The van der Waals surface area contributed by atoms with Crippen LogP contribution in [-0.2, 0) is 4.74 Å². The van der Waals surface area contributed by atoms with Gasteiger partial charge in [-0.2, -0.15) is 5.26 Å². The predicted octanol–water partition coefficient (Wildman–Crippen LogP) is 3.44. The Kier molecular flexibility index (Phi) is 4.58. The second-order valence-electron chi connectivity index (χ2n) is 3.06. The van der Waals surface area contributed by atoms with Crippen molar-refractivity contribution < 1.29 is 18.3 Å². The number of nitrogens with zero attached hydrogens (tertiary/aromatic N) is 1. The molecule has 0 radical (unpaired) electrons. The van der Waals surface area contributed by atoms with Crippen molar-refractivity contribution in [1.29, 1.82) is 5.26 Å². The molecule has 6 heteroatoms. The van der Waals surface area contributed by atoms with Crippen LogP contribution in [0.4, 0.5) is 8.78 Å². The van der Waals surface area contributed by atoms with Gasteiger partial charge in [0.25, 0.3) is 6.43 Å². The van der Waals surface area contributed by atoms with E-state index in [1.165, 1.54) is 0 Å². The molecule has 0 aliphatic carbocycles. The molecular weight excluding hydrogens is 296 g/mol. The molecule has 0 fully saturated rings. The maximum absolute atomic E-state index is 12.6. The molecule has 0 aliphatic rings. The molecule has 0 saturated heterocycles. The van der Waals surface area contributed by atoms with Crippen molar-refractivity contribution in [1.82, 2.24) is 0 Å². The first kappa shape index (κ1) is 13.6. The number of esters is 1. The molecule has 0 saturated carbocycles. The Balaban J connectivity index is 3.35. The second kappa shape index (κ2) is 5.73. The van der Waals surface area contributed by atoms with Crippen molar-refractivity contribution in [2.45, 2.75) is 13.3 Å². The maximum atomic E-state index is 12.6. The minimum absolute atomic E-state index is 0.00662. The summed E-state index contributed by atoms with van der Waals surface area (Å²) < 4.78 is 30.0. The van der Waals surface area contributed by atoms with Crippen molar-refractivity contribution in [3.63, 3.8) is 0 Å². The third kappa shape index (κ3) is 3.01. The van der Waals surface area contributed by atoms with Gasteiger partial charge in [-0.05, 0) is 35.0 Å². The fourth-order valence-electron chi connectivity index (χ4n) is 1.24. The van der Waals surface area contributed by atoms with E-state index in [-0.39, 0.29) is 27.8 Å². The van der Waals surface area contributed by atoms with E-state index in [1.54, 1.807) is 13.0 Å². The van der Waals surface area contributed by atoms with Gasteiger partial charge in [0.05, 0.1) is 17.7 Å². The first-order valence-electron chi connectivity index (χ1n) is 4.70. The summed E-state index contributed by atoms with van der Waals surface area (Å²) >= 11 is 2.98. The van der Waals surface area contributed by atoms with Crippen LogP contribution in [0.2, 0.25) is 0 Å². The van der Waals surface area contributed by atoms with Crippen LogP contribution in [0, 0.1) is 11.3 Å². The van der Waals surface area contributed by atoms with E-state index in [0.29, 0.717) is 0 Å². The third-order valence-electron chi connectivity index (χ3n) is 1.97. The molecular formula is C11H8BrF2NO2. The molecule has 0 N–H and O–H groups in total. The average molecular weight is 304 g/mol. The summed E-state index contributed by atoms with van der Waals surface area (Å²) in [5.41, 5.74) is -0.495. The summed E-state index contributed by atoms with van der Waals surface area (Å²) in [6.45, 7) is 1.70. The molecule has 0 bridgehead atoms. The molecule has 0 heterocycles. The van der Waals surface area contributed by atoms with Gasteiger partial charge >= 0.3 is 5.97 Å². The van der Waals surface area contributed by atoms with E-state index in [1.807, 2.05) is 0 Å². The number of halogens is 3. The van der Waals surface area contributed by atoms with Gasteiger partial charge in [0.2, 0.25) is 0 Å². The lowest BCUT2D eigenvalue weighted by Gasteiger charge is -2.08. The van der Waals surface area contributed by atoms with Crippen LogP contribution >= 0.6 is 15.9 Å². The van der Waals surface area contributed by atoms with Crippen molar-refractivity contribution in [3.05, 3.63) is 33.3 Å². The van der Waals surface area contributed by atoms with Gasteiger partial charge in [-0.15, -0.1) is 0 Å². The van der Waals surface area contributed by atoms with Crippen LogP contribution in [0.3, 0.4) is 0 Å². The Bertz CT molecular complexity index is 483. The molecule has 17 heavy (non-hydrogen) atoms.